The van der Waals surface area contributed by atoms with Crippen molar-refractivity contribution in [3.05, 3.63) is 132 Å². The lowest BCUT2D eigenvalue weighted by Gasteiger charge is -2.52. The van der Waals surface area contributed by atoms with E-state index in [0.29, 0.717) is 69.8 Å². The maximum Gasteiger partial charge on any atom is 0.252 e. The standard InChI is InChI=1S/C64H62N4O14/c1-29-30(2)51(58(68)70)56-55(50(29)57(67)69)77-46-18-35-26-64(82-62(10,11)41(35)22-49(46)78-56)24-33-16-43(72-13)47(20-39(33)60(6,7)80-64)74-52-31(3)36(27-65)53-54(37(52)28-66)75-45-17-34-25-63(81-61(8,9)40(34)21-48(45)76-53)23-32-15-42(71-12)44(73-14)19-38(32)59(4,5)79-63/h15-22H,23-26H2,1-14H3,(H2,67,69)(H2,68,70). The third kappa shape index (κ3) is 8.09. The average Bonchev–Trinajstić information content (AvgIpc) is 1.21. The van der Waals surface area contributed by atoms with Gasteiger partial charge in [-0.15, -0.1) is 0 Å². The second kappa shape index (κ2) is 18.0. The topological polar surface area (TPSA) is 245 Å². The molecule has 0 bridgehead atoms. The molecule has 0 radical (unpaired) electrons. The van der Waals surface area contributed by atoms with Crippen LogP contribution in [0.5, 0.6) is 74.7 Å². The fraction of sp³-hybridized carbons (Fsp3) is 0.375. The predicted molar refractivity (Wildman–Crippen MR) is 296 cm³/mol. The van der Waals surface area contributed by atoms with Crippen LogP contribution in [-0.2, 0) is 67.0 Å². The normalized spacial score (nSPS) is 21.0. The summed E-state index contributed by atoms with van der Waals surface area (Å²) in [5, 5.41) is 21.9. The molecule has 2 atom stereocenters. The molecule has 2 amide bonds. The van der Waals surface area contributed by atoms with E-state index in [1.165, 1.54) is 7.11 Å². The van der Waals surface area contributed by atoms with E-state index in [9.17, 15) is 20.1 Å². The highest BCUT2D eigenvalue weighted by molar-refractivity contribution is 6.05. The number of primary amides is 2. The zero-order chi connectivity index (χ0) is 58.7. The maximum atomic E-state index is 12.9. The third-order valence-electron chi connectivity index (χ3n) is 16.9. The number of methoxy groups -OCH3 is 3. The Morgan fingerprint density at radius 1 is 0.451 bits per heavy atom. The summed E-state index contributed by atoms with van der Waals surface area (Å²) in [6.07, 6.45) is 1.31. The van der Waals surface area contributed by atoms with Crippen molar-refractivity contribution in [1.29, 1.82) is 10.5 Å². The predicted octanol–water partition coefficient (Wildman–Crippen LogP) is 12.2. The fourth-order valence-corrected chi connectivity index (χ4v) is 13.4. The number of fused-ring (bicyclic) bond motifs is 8. The van der Waals surface area contributed by atoms with Crippen molar-refractivity contribution >= 4 is 11.8 Å². The van der Waals surface area contributed by atoms with Crippen LogP contribution in [0.1, 0.15) is 148 Å². The molecule has 6 aromatic rings. The molecule has 0 aromatic heterocycles. The second-order valence-corrected chi connectivity index (χ2v) is 23.9. The molecule has 6 aromatic carbocycles. The quantitative estimate of drug-likeness (QED) is 0.151. The summed E-state index contributed by atoms with van der Waals surface area (Å²) in [6, 6.07) is 19.6. The van der Waals surface area contributed by atoms with Gasteiger partial charge < -0.3 is 68.3 Å². The molecule has 6 heterocycles. The van der Waals surface area contributed by atoms with Crippen LogP contribution in [0.3, 0.4) is 0 Å². The molecule has 2 unspecified atom stereocenters. The van der Waals surface area contributed by atoms with Crippen LogP contribution >= 0.6 is 0 Å². The smallest absolute Gasteiger partial charge is 0.252 e. The van der Waals surface area contributed by atoms with Gasteiger partial charge in [0.2, 0.25) is 0 Å². The summed E-state index contributed by atoms with van der Waals surface area (Å²) in [4.78, 5) is 25.7. The SMILES string of the molecule is COc1cc2c(cc1OC)C(C)(C)OC1(C2)Cc2cc3c(cc2C(C)(C)O1)Oc1c(C#N)c(C)c(Oc2cc4c(cc2OC)CC2(Cc5cc6c(cc5C(C)(C)O2)Oc2c(c(C(N)=O)c(C)c(C)c2C(N)=O)O6)OC4(C)C)c(C#N)c1O3. The Morgan fingerprint density at radius 3 is 1.15 bits per heavy atom. The van der Waals surface area contributed by atoms with Crippen LogP contribution in [0.15, 0.2) is 48.5 Å². The minimum absolute atomic E-state index is 0.00329. The summed E-state index contributed by atoms with van der Waals surface area (Å²) in [6.45, 7) is 20.8. The van der Waals surface area contributed by atoms with Crippen LogP contribution < -0.4 is 49.4 Å². The molecule has 0 aliphatic carbocycles. The molecule has 0 saturated heterocycles. The number of hydrogen-bond acceptors (Lipinski definition) is 16. The van der Waals surface area contributed by atoms with E-state index in [2.05, 4.69) is 12.1 Å². The zero-order valence-corrected chi connectivity index (χ0v) is 48.2. The lowest BCUT2D eigenvalue weighted by molar-refractivity contribution is -0.336. The molecule has 0 fully saturated rings. The van der Waals surface area contributed by atoms with Gasteiger partial charge in [0.25, 0.3) is 11.8 Å². The van der Waals surface area contributed by atoms with Crippen molar-refractivity contribution in [2.75, 3.05) is 21.3 Å². The number of rotatable bonds is 7. The number of nitriles is 2. The van der Waals surface area contributed by atoms with Crippen LogP contribution in [0, 0.1) is 43.4 Å². The maximum absolute atomic E-state index is 12.9. The van der Waals surface area contributed by atoms with Gasteiger partial charge >= 0.3 is 0 Å². The number of carbonyl (C=O) groups excluding carboxylic acids is 2. The first-order chi connectivity index (χ1) is 38.6. The summed E-state index contributed by atoms with van der Waals surface area (Å²) in [5.41, 5.74) is 16.6. The molecule has 82 heavy (non-hydrogen) atoms. The first-order valence-corrected chi connectivity index (χ1v) is 26.9. The number of nitrogens with two attached hydrogens (primary N) is 2. The van der Waals surface area contributed by atoms with E-state index >= 15 is 0 Å². The second-order valence-electron chi connectivity index (χ2n) is 23.9. The highest BCUT2D eigenvalue weighted by Crippen LogP contribution is 2.60. The molecule has 18 nitrogen and oxygen atoms in total. The van der Waals surface area contributed by atoms with Crippen LogP contribution in [-0.4, -0.2) is 44.7 Å². The fourth-order valence-electron chi connectivity index (χ4n) is 13.4. The minimum Gasteiger partial charge on any atom is -0.493 e. The van der Waals surface area contributed by atoms with Crippen molar-refractivity contribution in [2.24, 2.45) is 11.5 Å². The lowest BCUT2D eigenvalue weighted by atomic mass is 9.79. The van der Waals surface area contributed by atoms with Gasteiger partial charge in [-0.2, -0.15) is 10.5 Å². The molecular weight excluding hydrogens is 1050 g/mol. The summed E-state index contributed by atoms with van der Waals surface area (Å²) < 4.78 is 78.4. The minimum atomic E-state index is -1.22. The number of benzene rings is 6. The Morgan fingerprint density at radius 2 is 0.768 bits per heavy atom. The lowest BCUT2D eigenvalue weighted by Crippen LogP contribution is -2.55. The largest absolute Gasteiger partial charge is 0.493 e. The van der Waals surface area contributed by atoms with Crippen molar-refractivity contribution < 1.29 is 66.4 Å². The van der Waals surface area contributed by atoms with E-state index in [4.69, 9.17) is 68.3 Å². The number of amides is 2. The van der Waals surface area contributed by atoms with Gasteiger partial charge in [-0.25, -0.2) is 0 Å². The number of hydrogen-bond donors (Lipinski definition) is 2. The first-order valence-electron chi connectivity index (χ1n) is 26.9. The summed E-state index contributed by atoms with van der Waals surface area (Å²) in [5.74, 6) is -0.505. The van der Waals surface area contributed by atoms with Crippen LogP contribution in [0.4, 0.5) is 0 Å². The van der Waals surface area contributed by atoms with Gasteiger partial charge in [-0.3, -0.25) is 9.59 Å². The Kier molecular flexibility index (Phi) is 11.9. The summed E-state index contributed by atoms with van der Waals surface area (Å²) >= 11 is 0. The van der Waals surface area contributed by atoms with Gasteiger partial charge in [0.05, 0.1) is 54.9 Å². The van der Waals surface area contributed by atoms with Gasteiger partial charge in [-0.05, 0) is 180 Å². The average molecular weight is 1110 g/mol. The van der Waals surface area contributed by atoms with Gasteiger partial charge in [0.1, 0.15) is 23.3 Å². The van der Waals surface area contributed by atoms with Gasteiger partial charge in [0.15, 0.2) is 86.3 Å². The zero-order valence-electron chi connectivity index (χ0n) is 48.2. The highest BCUT2D eigenvalue weighted by Gasteiger charge is 2.54. The Bertz CT molecular complexity index is 3980. The third-order valence-corrected chi connectivity index (χ3v) is 16.9. The molecule has 18 heteroatoms. The molecule has 422 valence electrons. The molecular formula is C64H62N4O14. The molecule has 12 rings (SSSR count). The number of ether oxygens (including phenoxy) is 12. The Balaban J connectivity index is 0.866. The van der Waals surface area contributed by atoms with Crippen molar-refractivity contribution in [1.82, 2.24) is 0 Å². The monoisotopic (exact) mass is 1110 g/mol. The Labute approximate surface area is 474 Å². The molecule has 0 saturated carbocycles. The molecule has 4 N–H and O–H groups in total. The summed E-state index contributed by atoms with van der Waals surface area (Å²) in [7, 11) is 4.74. The first kappa shape index (κ1) is 54.1. The van der Waals surface area contributed by atoms with E-state index < -0.39 is 45.8 Å². The van der Waals surface area contributed by atoms with E-state index in [0.717, 1.165) is 44.5 Å². The van der Waals surface area contributed by atoms with E-state index in [1.807, 2.05) is 104 Å². The number of carbonyl (C=O) groups is 2. The van der Waals surface area contributed by atoms with Crippen molar-refractivity contribution in [3.63, 3.8) is 0 Å². The molecule has 6 aliphatic rings. The van der Waals surface area contributed by atoms with Gasteiger partial charge in [-0.1, -0.05) is 0 Å². The van der Waals surface area contributed by atoms with Crippen molar-refractivity contribution in [2.45, 2.75) is 136 Å². The van der Waals surface area contributed by atoms with E-state index in [1.54, 1.807) is 35.0 Å². The van der Waals surface area contributed by atoms with Crippen LogP contribution in [0.2, 0.25) is 0 Å². The Hall–Kier alpha value is -8.52. The van der Waals surface area contributed by atoms with E-state index in [-0.39, 0.29) is 69.6 Å². The highest BCUT2D eigenvalue weighted by atomic mass is 16.7. The molecule has 2 spiro atoms. The van der Waals surface area contributed by atoms with Crippen molar-refractivity contribution in [3.8, 4) is 86.9 Å². The number of nitrogens with zero attached hydrogens (tertiary/aromatic N) is 2. The molecule has 6 aliphatic heterocycles. The van der Waals surface area contributed by atoms with Crippen LogP contribution in [0.25, 0.3) is 0 Å². The van der Waals surface area contributed by atoms with Gasteiger partial charge in [0, 0.05) is 31.2 Å².